The van der Waals surface area contributed by atoms with Gasteiger partial charge in [-0.2, -0.15) is 0 Å². The van der Waals surface area contributed by atoms with Crippen LogP contribution in [0.3, 0.4) is 0 Å². The second-order valence-electron chi connectivity index (χ2n) is 3.67. The molecule has 4 heteroatoms. The maximum absolute atomic E-state index is 10.9. The number of nitrogens with two attached hydrogens (primary N) is 2. The van der Waals surface area contributed by atoms with Gasteiger partial charge in [-0.15, -0.1) is 13.2 Å². The molecule has 0 bridgehead atoms. The minimum atomic E-state index is -0.999. The molecule has 17 heavy (non-hydrogen) atoms. The number of rotatable bonds is 5. The fourth-order valence-electron chi connectivity index (χ4n) is 1.55. The van der Waals surface area contributed by atoms with Gasteiger partial charge in [-0.25, -0.2) is 4.79 Å². The molecule has 4 nitrogen and oxygen atoms in total. The van der Waals surface area contributed by atoms with Gasteiger partial charge in [0, 0.05) is 12.1 Å². The van der Waals surface area contributed by atoms with E-state index in [1.54, 1.807) is 18.2 Å². The average molecular weight is 232 g/mol. The molecule has 0 spiro atoms. The summed E-state index contributed by atoms with van der Waals surface area (Å²) in [5.41, 5.74) is 13.3. The summed E-state index contributed by atoms with van der Waals surface area (Å²) in [4.78, 5) is 10.9. The third-order valence-electron chi connectivity index (χ3n) is 2.56. The minimum Gasteiger partial charge on any atom is -0.478 e. The molecular weight excluding hydrogens is 216 g/mol. The molecular formula is C13H16N2O2. The van der Waals surface area contributed by atoms with Crippen molar-refractivity contribution in [1.82, 2.24) is 0 Å². The van der Waals surface area contributed by atoms with E-state index in [9.17, 15) is 4.79 Å². The molecule has 0 saturated carbocycles. The highest BCUT2D eigenvalue weighted by atomic mass is 16.4. The van der Waals surface area contributed by atoms with Gasteiger partial charge in [0.15, 0.2) is 0 Å². The highest BCUT2D eigenvalue weighted by Crippen LogP contribution is 2.24. The summed E-state index contributed by atoms with van der Waals surface area (Å²) < 4.78 is 0. The van der Waals surface area contributed by atoms with Gasteiger partial charge in [0.2, 0.25) is 0 Å². The molecule has 0 aliphatic heterocycles. The van der Waals surface area contributed by atoms with Crippen LogP contribution >= 0.6 is 0 Å². The molecule has 0 aliphatic rings. The molecule has 2 unspecified atom stereocenters. The Morgan fingerprint density at radius 3 is 2.18 bits per heavy atom. The third kappa shape index (κ3) is 2.81. The Kier molecular flexibility index (Phi) is 4.20. The van der Waals surface area contributed by atoms with Gasteiger partial charge < -0.3 is 16.6 Å². The van der Waals surface area contributed by atoms with Crippen molar-refractivity contribution in [2.45, 2.75) is 12.1 Å². The first kappa shape index (κ1) is 13.2. The van der Waals surface area contributed by atoms with E-state index < -0.39 is 12.0 Å². The molecule has 0 saturated heterocycles. The zero-order chi connectivity index (χ0) is 13.0. The number of carboxylic acids is 1. The number of carboxylic acid groups (broad SMARTS) is 1. The largest absolute Gasteiger partial charge is 0.478 e. The van der Waals surface area contributed by atoms with Crippen molar-refractivity contribution in [2.24, 2.45) is 11.5 Å². The molecule has 0 aliphatic carbocycles. The van der Waals surface area contributed by atoms with E-state index in [-0.39, 0.29) is 11.6 Å². The normalized spacial score (nSPS) is 13.8. The van der Waals surface area contributed by atoms with Crippen molar-refractivity contribution in [3.63, 3.8) is 0 Å². The fourth-order valence-corrected chi connectivity index (χ4v) is 1.55. The molecule has 2 atom stereocenters. The zero-order valence-electron chi connectivity index (χ0n) is 9.47. The van der Waals surface area contributed by atoms with Crippen LogP contribution < -0.4 is 11.5 Å². The molecule has 90 valence electrons. The monoisotopic (exact) mass is 232 g/mol. The highest BCUT2D eigenvalue weighted by Gasteiger charge is 2.15. The van der Waals surface area contributed by atoms with Crippen molar-refractivity contribution in [2.75, 3.05) is 0 Å². The number of hydrogen-bond donors (Lipinski definition) is 3. The molecule has 1 aromatic rings. The van der Waals surface area contributed by atoms with Gasteiger partial charge >= 0.3 is 5.97 Å². The molecule has 0 aromatic heterocycles. The summed E-state index contributed by atoms with van der Waals surface area (Å²) in [5, 5.41) is 8.93. The molecule has 1 rings (SSSR count). The predicted molar refractivity (Wildman–Crippen MR) is 67.7 cm³/mol. The Labute approximate surface area is 100 Å². The quantitative estimate of drug-likeness (QED) is 0.675. The lowest BCUT2D eigenvalue weighted by atomic mass is 9.94. The highest BCUT2D eigenvalue weighted by molar-refractivity contribution is 5.88. The van der Waals surface area contributed by atoms with Crippen LogP contribution in [0.5, 0.6) is 0 Å². The summed E-state index contributed by atoms with van der Waals surface area (Å²) >= 11 is 0. The van der Waals surface area contributed by atoms with Crippen LogP contribution in [0.25, 0.3) is 0 Å². The molecule has 0 radical (unpaired) electrons. The van der Waals surface area contributed by atoms with Crippen LogP contribution in [0.4, 0.5) is 0 Å². The van der Waals surface area contributed by atoms with Crippen molar-refractivity contribution in [1.29, 1.82) is 0 Å². The number of carbonyl (C=O) groups is 1. The Morgan fingerprint density at radius 2 is 1.71 bits per heavy atom. The van der Waals surface area contributed by atoms with Gasteiger partial charge in [0.05, 0.1) is 5.56 Å². The maximum Gasteiger partial charge on any atom is 0.335 e. The van der Waals surface area contributed by atoms with Crippen LogP contribution in [-0.2, 0) is 0 Å². The Bertz CT molecular complexity index is 455. The first-order chi connectivity index (χ1) is 8.01. The first-order valence-electron chi connectivity index (χ1n) is 5.14. The van der Waals surface area contributed by atoms with Crippen LogP contribution in [0.1, 0.15) is 33.6 Å². The van der Waals surface area contributed by atoms with Crippen molar-refractivity contribution < 1.29 is 9.90 Å². The minimum absolute atomic E-state index is 0.178. The number of aromatic carboxylic acids is 1. The smallest absolute Gasteiger partial charge is 0.335 e. The molecule has 0 fully saturated rings. The van der Waals surface area contributed by atoms with Gasteiger partial charge in [0.25, 0.3) is 0 Å². The zero-order valence-corrected chi connectivity index (χ0v) is 9.47. The van der Waals surface area contributed by atoms with E-state index in [2.05, 4.69) is 13.2 Å². The van der Waals surface area contributed by atoms with E-state index in [4.69, 9.17) is 16.6 Å². The Morgan fingerprint density at radius 1 is 1.18 bits per heavy atom. The summed E-state index contributed by atoms with van der Waals surface area (Å²) in [6.07, 6.45) is 3.12. The lowest BCUT2D eigenvalue weighted by molar-refractivity contribution is 0.0696. The Hall–Kier alpha value is -1.91. The standard InChI is InChI=1S/C13H16N2O2/c1-3-11(14)9-6-5-8(13(16)17)7-10(9)12(15)4-2/h3-7,11-12H,1-2,14-15H2,(H,16,17). The third-order valence-corrected chi connectivity index (χ3v) is 2.56. The van der Waals surface area contributed by atoms with E-state index in [1.807, 2.05) is 0 Å². The van der Waals surface area contributed by atoms with E-state index >= 15 is 0 Å². The second kappa shape index (κ2) is 5.43. The molecule has 5 N–H and O–H groups in total. The van der Waals surface area contributed by atoms with Crippen LogP contribution in [0.2, 0.25) is 0 Å². The van der Waals surface area contributed by atoms with E-state index in [1.165, 1.54) is 12.1 Å². The summed E-state index contributed by atoms with van der Waals surface area (Å²) in [5.74, 6) is -0.999. The SMILES string of the molecule is C=CC(N)c1ccc(C(=O)O)cc1C(N)C=C. The number of benzene rings is 1. The van der Waals surface area contributed by atoms with Crippen molar-refractivity contribution in [3.05, 3.63) is 60.2 Å². The molecule has 1 aromatic carbocycles. The topological polar surface area (TPSA) is 89.3 Å². The van der Waals surface area contributed by atoms with Gasteiger partial charge in [0.1, 0.15) is 0 Å². The van der Waals surface area contributed by atoms with E-state index in [0.29, 0.717) is 5.56 Å². The predicted octanol–water partition coefficient (Wildman–Crippen LogP) is 1.76. The average Bonchev–Trinajstić information content (AvgIpc) is 2.35. The van der Waals surface area contributed by atoms with Gasteiger partial charge in [-0.05, 0) is 23.3 Å². The summed E-state index contributed by atoms with van der Waals surface area (Å²) in [6.45, 7) is 7.21. The molecule has 0 heterocycles. The maximum atomic E-state index is 10.9. The van der Waals surface area contributed by atoms with Crippen LogP contribution in [-0.4, -0.2) is 11.1 Å². The lowest BCUT2D eigenvalue weighted by Crippen LogP contribution is -2.16. The van der Waals surface area contributed by atoms with Crippen molar-refractivity contribution in [3.8, 4) is 0 Å². The first-order valence-corrected chi connectivity index (χ1v) is 5.14. The van der Waals surface area contributed by atoms with E-state index in [0.717, 1.165) is 5.56 Å². The fraction of sp³-hybridized carbons (Fsp3) is 0.154. The Balaban J connectivity index is 3.35. The van der Waals surface area contributed by atoms with Crippen molar-refractivity contribution >= 4 is 5.97 Å². The lowest BCUT2D eigenvalue weighted by Gasteiger charge is -2.17. The molecule has 0 amide bonds. The van der Waals surface area contributed by atoms with Crippen LogP contribution in [0, 0.1) is 0 Å². The second-order valence-corrected chi connectivity index (χ2v) is 3.67. The summed E-state index contributed by atoms with van der Waals surface area (Å²) in [7, 11) is 0. The number of hydrogen-bond acceptors (Lipinski definition) is 3. The summed E-state index contributed by atoms with van der Waals surface area (Å²) in [6, 6.07) is 3.86. The van der Waals surface area contributed by atoms with Gasteiger partial charge in [-0.1, -0.05) is 18.2 Å². The van der Waals surface area contributed by atoms with Gasteiger partial charge in [-0.3, -0.25) is 0 Å². The van der Waals surface area contributed by atoms with Crippen LogP contribution in [0.15, 0.2) is 43.5 Å².